The Bertz CT molecular complexity index is 1460. The number of nitrogens with one attached hydrogen (secondary N) is 2. The van der Waals surface area contributed by atoms with E-state index in [4.69, 9.17) is 21.7 Å². The molecular weight excluding hydrogens is 526 g/mol. The summed E-state index contributed by atoms with van der Waals surface area (Å²) in [6, 6.07) is 6.75. The zero-order valence-corrected chi connectivity index (χ0v) is 23.5. The molecule has 38 heavy (non-hydrogen) atoms. The zero-order valence-electron chi connectivity index (χ0n) is 21.9. The smallest absolute Gasteiger partial charge is 0.256 e. The van der Waals surface area contributed by atoms with Gasteiger partial charge in [0.05, 0.1) is 29.2 Å². The Morgan fingerprint density at radius 2 is 1.95 bits per heavy atom. The highest BCUT2D eigenvalue weighted by molar-refractivity contribution is 7.92. The molecule has 10 nitrogen and oxygen atoms in total. The molecule has 2 aromatic heterocycles. The molecule has 2 saturated heterocycles. The number of fused-ring (bicyclic) bond motifs is 1. The number of hydrogen-bond donors (Lipinski definition) is 2. The zero-order chi connectivity index (χ0) is 27.0. The molecular formula is C26H34ClN7O3S. The molecule has 2 N–H and O–H groups in total. The maximum absolute atomic E-state index is 13.8. The summed E-state index contributed by atoms with van der Waals surface area (Å²) in [7, 11) is -1.58. The van der Waals surface area contributed by atoms with E-state index in [1.165, 1.54) is 12.1 Å². The van der Waals surface area contributed by atoms with Crippen molar-refractivity contribution in [3.05, 3.63) is 52.3 Å². The summed E-state index contributed by atoms with van der Waals surface area (Å²) < 4.78 is 28.1. The second-order valence-corrected chi connectivity index (χ2v) is 12.5. The average Bonchev–Trinajstić information content (AvgIpc) is 3.30. The van der Waals surface area contributed by atoms with Crippen molar-refractivity contribution >= 4 is 44.7 Å². The lowest BCUT2D eigenvalue weighted by Crippen LogP contribution is -2.45. The molecule has 12 heteroatoms. The van der Waals surface area contributed by atoms with Crippen molar-refractivity contribution < 1.29 is 13.2 Å². The number of benzene rings is 1. The van der Waals surface area contributed by atoms with Gasteiger partial charge in [-0.1, -0.05) is 11.6 Å². The molecule has 4 heterocycles. The van der Waals surface area contributed by atoms with Crippen LogP contribution in [0.3, 0.4) is 0 Å². The van der Waals surface area contributed by atoms with Gasteiger partial charge in [-0.2, -0.15) is 5.10 Å². The number of aryl methyl sites for hydroxylation is 1. The van der Waals surface area contributed by atoms with E-state index in [1.54, 1.807) is 15.5 Å². The van der Waals surface area contributed by atoms with Crippen LogP contribution in [-0.2, 0) is 10.0 Å². The molecule has 2 fully saturated rings. The lowest BCUT2D eigenvalue weighted by molar-refractivity contribution is 0.0607. The van der Waals surface area contributed by atoms with Gasteiger partial charge in [-0.05, 0) is 64.3 Å². The highest BCUT2D eigenvalue weighted by Gasteiger charge is 2.32. The minimum Gasteiger partial charge on any atom is -0.355 e. The number of halogens is 1. The third kappa shape index (κ3) is 5.60. The number of anilines is 2. The average molecular weight is 560 g/mol. The van der Waals surface area contributed by atoms with Crippen LogP contribution in [0.2, 0.25) is 5.02 Å². The minimum atomic E-state index is -3.58. The highest BCUT2D eigenvalue weighted by atomic mass is 35.5. The van der Waals surface area contributed by atoms with Crippen molar-refractivity contribution in [1.82, 2.24) is 24.8 Å². The topological polar surface area (TPSA) is 112 Å². The van der Waals surface area contributed by atoms with Crippen LogP contribution >= 0.6 is 11.6 Å². The van der Waals surface area contributed by atoms with Crippen molar-refractivity contribution in [1.29, 1.82) is 0 Å². The molecule has 0 saturated carbocycles. The standard InChI is InChI=1S/C26H34ClN7O3S/c1-17-15-34-24(29-25(17)32-11-6-7-19(16-32)28-2)14-22(30-34)23-8-4-5-12-33(23)26(35)20-13-18(27)9-10-21(20)31-38(3,36)37/h9-10,13-15,19,23,28,31H,4-8,11-12,16H2,1-3H3/t19-,23-/m0/s1. The van der Waals surface area contributed by atoms with Gasteiger partial charge < -0.3 is 15.1 Å². The fourth-order valence-corrected chi connectivity index (χ4v) is 6.28. The molecule has 0 aliphatic carbocycles. The minimum absolute atomic E-state index is 0.213. The van der Waals surface area contributed by atoms with E-state index in [9.17, 15) is 13.2 Å². The van der Waals surface area contributed by atoms with E-state index in [1.807, 2.05) is 19.3 Å². The highest BCUT2D eigenvalue weighted by Crippen LogP contribution is 2.34. The second-order valence-electron chi connectivity index (χ2n) is 10.3. The van der Waals surface area contributed by atoms with Crippen LogP contribution in [-0.4, -0.2) is 72.8 Å². The summed E-state index contributed by atoms with van der Waals surface area (Å²) in [6.45, 7) is 4.48. The normalized spacial score (nSPS) is 20.6. The van der Waals surface area contributed by atoms with Crippen LogP contribution in [0.15, 0.2) is 30.5 Å². The molecule has 3 aromatic rings. The van der Waals surface area contributed by atoms with Crippen molar-refractivity contribution in [2.24, 2.45) is 0 Å². The quantitative estimate of drug-likeness (QED) is 0.474. The predicted molar refractivity (Wildman–Crippen MR) is 150 cm³/mol. The molecule has 2 aliphatic heterocycles. The van der Waals surface area contributed by atoms with Gasteiger partial charge in [-0.15, -0.1) is 0 Å². The number of amides is 1. The molecule has 5 rings (SSSR count). The van der Waals surface area contributed by atoms with E-state index in [2.05, 4.69) is 21.9 Å². The van der Waals surface area contributed by atoms with E-state index < -0.39 is 10.0 Å². The number of nitrogens with zero attached hydrogens (tertiary/aromatic N) is 5. The lowest BCUT2D eigenvalue weighted by Gasteiger charge is -2.35. The summed E-state index contributed by atoms with van der Waals surface area (Å²) >= 11 is 6.21. The number of hydrogen-bond acceptors (Lipinski definition) is 7. The number of sulfonamides is 1. The van der Waals surface area contributed by atoms with Crippen LogP contribution in [0, 0.1) is 6.92 Å². The number of likely N-dealkylation sites (N-methyl/N-ethyl adjacent to an activating group) is 1. The fraction of sp³-hybridized carbons (Fsp3) is 0.500. The first-order valence-corrected chi connectivity index (χ1v) is 15.3. The summed E-state index contributed by atoms with van der Waals surface area (Å²) in [6.07, 6.45) is 7.91. The number of carbonyl (C=O) groups excluding carboxylic acids is 1. The Hall–Kier alpha value is -2.89. The number of rotatable bonds is 6. The molecule has 1 aromatic carbocycles. The Labute approximate surface area is 228 Å². The van der Waals surface area contributed by atoms with Crippen LogP contribution < -0.4 is 14.9 Å². The number of piperidine rings is 2. The van der Waals surface area contributed by atoms with Gasteiger partial charge in [0, 0.05) is 48.5 Å². The van der Waals surface area contributed by atoms with Crippen molar-refractivity contribution in [3.63, 3.8) is 0 Å². The molecule has 0 bridgehead atoms. The Kier molecular flexibility index (Phi) is 7.52. The summed E-state index contributed by atoms with van der Waals surface area (Å²) in [5, 5.41) is 8.58. The SMILES string of the molecule is CN[C@H]1CCCN(c2nc3cc([C@@H]4CCCCN4C(=O)c4cc(Cl)ccc4NS(C)(=O)=O)nn3cc2C)C1. The first-order valence-electron chi connectivity index (χ1n) is 13.0. The van der Waals surface area contributed by atoms with Gasteiger partial charge in [0.25, 0.3) is 5.91 Å². The summed E-state index contributed by atoms with van der Waals surface area (Å²) in [5.41, 5.74) is 3.00. The van der Waals surface area contributed by atoms with E-state index in [0.717, 1.165) is 74.2 Å². The van der Waals surface area contributed by atoms with Gasteiger partial charge in [-0.3, -0.25) is 9.52 Å². The number of carbonyl (C=O) groups is 1. The lowest BCUT2D eigenvalue weighted by atomic mass is 9.98. The van der Waals surface area contributed by atoms with E-state index >= 15 is 0 Å². The van der Waals surface area contributed by atoms with Gasteiger partial charge in [0.1, 0.15) is 5.82 Å². The Morgan fingerprint density at radius 1 is 1.13 bits per heavy atom. The monoisotopic (exact) mass is 559 g/mol. The number of likely N-dealkylation sites (tertiary alicyclic amines) is 1. The largest absolute Gasteiger partial charge is 0.355 e. The summed E-state index contributed by atoms with van der Waals surface area (Å²) in [4.78, 5) is 22.9. The Balaban J connectivity index is 1.47. The van der Waals surface area contributed by atoms with E-state index in [0.29, 0.717) is 17.6 Å². The van der Waals surface area contributed by atoms with Crippen molar-refractivity contribution in [2.45, 2.75) is 51.1 Å². The fourth-order valence-electron chi connectivity index (χ4n) is 5.53. The van der Waals surface area contributed by atoms with Gasteiger partial charge in [-0.25, -0.2) is 17.9 Å². The Morgan fingerprint density at radius 3 is 2.71 bits per heavy atom. The van der Waals surface area contributed by atoms with Crippen LogP contribution in [0.25, 0.3) is 5.65 Å². The first kappa shape index (κ1) is 26.7. The molecule has 0 unspecified atom stereocenters. The van der Waals surface area contributed by atoms with Crippen LogP contribution in [0.4, 0.5) is 11.5 Å². The predicted octanol–water partition coefficient (Wildman–Crippen LogP) is 3.62. The molecule has 2 aliphatic rings. The van der Waals surface area contributed by atoms with Gasteiger partial charge in [0.2, 0.25) is 10.0 Å². The molecule has 0 radical (unpaired) electrons. The number of aromatic nitrogens is 3. The molecule has 0 spiro atoms. The van der Waals surface area contributed by atoms with Gasteiger partial charge in [0.15, 0.2) is 5.65 Å². The van der Waals surface area contributed by atoms with Crippen LogP contribution in [0.1, 0.15) is 59.8 Å². The summed E-state index contributed by atoms with van der Waals surface area (Å²) in [5.74, 6) is 0.688. The maximum Gasteiger partial charge on any atom is 0.256 e. The van der Waals surface area contributed by atoms with Crippen LogP contribution in [0.5, 0.6) is 0 Å². The molecule has 2 atom stereocenters. The maximum atomic E-state index is 13.8. The van der Waals surface area contributed by atoms with E-state index in [-0.39, 0.29) is 23.2 Å². The van der Waals surface area contributed by atoms with Crippen molar-refractivity contribution in [3.8, 4) is 0 Å². The third-order valence-corrected chi connectivity index (χ3v) is 8.19. The van der Waals surface area contributed by atoms with Crippen molar-refractivity contribution in [2.75, 3.05) is 42.6 Å². The third-order valence-electron chi connectivity index (χ3n) is 7.37. The molecule has 204 valence electrons. The first-order chi connectivity index (χ1) is 18.1. The van der Waals surface area contributed by atoms with Gasteiger partial charge >= 0.3 is 0 Å². The molecule has 1 amide bonds. The second kappa shape index (κ2) is 10.7.